The zero-order valence-corrected chi connectivity index (χ0v) is 19.7. The average molecular weight is 498 g/mol. The largest absolute Gasteiger partial charge is 0.417 e. The van der Waals surface area contributed by atoms with Gasteiger partial charge in [0.05, 0.1) is 18.2 Å². The summed E-state index contributed by atoms with van der Waals surface area (Å²) in [6.45, 7) is 1.96. The van der Waals surface area contributed by atoms with E-state index in [0.29, 0.717) is 21.3 Å². The molecule has 0 aliphatic heterocycles. The predicted molar refractivity (Wildman–Crippen MR) is 119 cm³/mol. The Morgan fingerprint density at radius 2 is 1.87 bits per heavy atom. The minimum absolute atomic E-state index is 0.185. The van der Waals surface area contributed by atoms with Gasteiger partial charge in [0, 0.05) is 10.5 Å². The number of rotatable bonds is 13. The first-order valence-corrected chi connectivity index (χ1v) is 12.9. The zero-order chi connectivity index (χ0) is 22.9. The Balaban J connectivity index is 2.06. The lowest BCUT2D eigenvalue weighted by atomic mass is 10.1. The highest BCUT2D eigenvalue weighted by Gasteiger charge is 2.34. The molecule has 31 heavy (non-hydrogen) atoms. The third-order valence-electron chi connectivity index (χ3n) is 4.41. The highest BCUT2D eigenvalue weighted by Crippen LogP contribution is 2.40. The topological polar surface area (TPSA) is 101 Å². The van der Waals surface area contributed by atoms with E-state index < -0.39 is 26.4 Å². The summed E-state index contributed by atoms with van der Waals surface area (Å²) in [4.78, 5) is 17.8. The van der Waals surface area contributed by atoms with Crippen molar-refractivity contribution in [1.82, 2.24) is 10.2 Å². The lowest BCUT2D eigenvalue weighted by Gasteiger charge is -2.13. The van der Waals surface area contributed by atoms with Crippen molar-refractivity contribution in [2.45, 2.75) is 62.6 Å². The second-order valence-electron chi connectivity index (χ2n) is 6.93. The van der Waals surface area contributed by atoms with Crippen molar-refractivity contribution in [3.8, 4) is 10.6 Å². The summed E-state index contributed by atoms with van der Waals surface area (Å²) in [6, 6.07) is 3.42. The summed E-state index contributed by atoms with van der Waals surface area (Å²) < 4.78 is 45.6. The molecule has 6 nitrogen and oxygen atoms in total. The number of thioether (sulfide) groups is 1. The van der Waals surface area contributed by atoms with Crippen LogP contribution in [0, 0.1) is 0 Å². The fourth-order valence-electron chi connectivity index (χ4n) is 2.79. The molecule has 0 saturated carbocycles. The number of nitrogens with zero attached hydrogens (tertiary/aromatic N) is 2. The number of halogens is 3. The maximum Gasteiger partial charge on any atom is 0.417 e. The quantitative estimate of drug-likeness (QED) is 0.180. The summed E-state index contributed by atoms with van der Waals surface area (Å²) in [5, 5.41) is 8.47. The third kappa shape index (κ3) is 8.92. The molecule has 4 N–H and O–H groups in total. The maximum absolute atomic E-state index is 13.6. The first-order chi connectivity index (χ1) is 14.7. The van der Waals surface area contributed by atoms with Crippen LogP contribution in [0.1, 0.15) is 62.1 Å². The SMILES string of the molecule is CCCCCCCCSc1ccc(-c2nnc(C(N)COP(O)O)s2)cc1C(F)(F)F. The number of hydrogen-bond donors (Lipinski definition) is 3. The summed E-state index contributed by atoms with van der Waals surface area (Å²) >= 11 is 2.27. The van der Waals surface area contributed by atoms with Crippen molar-refractivity contribution >= 4 is 31.7 Å². The van der Waals surface area contributed by atoms with E-state index in [1.54, 1.807) is 6.07 Å². The summed E-state index contributed by atoms with van der Waals surface area (Å²) in [5.41, 5.74) is 5.47. The standard InChI is InChI=1S/C19H27F3N3O3PS2/c1-2-3-4-5-6-7-10-30-16-9-8-13(11-14(16)19(20,21)22)17-24-25-18(31-17)15(23)12-28-29(26)27/h8-9,11,15,26-27H,2-7,10,12,23H2,1H3. The van der Waals surface area contributed by atoms with Crippen LogP contribution in [-0.4, -0.2) is 32.3 Å². The molecule has 2 aromatic rings. The van der Waals surface area contributed by atoms with Crippen molar-refractivity contribution in [1.29, 1.82) is 0 Å². The second-order valence-corrected chi connectivity index (χ2v) is 9.83. The Bertz CT molecular complexity index is 809. The highest BCUT2D eigenvalue weighted by atomic mass is 32.2. The molecule has 0 radical (unpaired) electrons. The number of hydrogen-bond acceptors (Lipinski definition) is 8. The number of aromatic nitrogens is 2. The lowest BCUT2D eigenvalue weighted by Crippen LogP contribution is -2.15. The summed E-state index contributed by atoms with van der Waals surface area (Å²) in [5.74, 6) is 0.643. The molecule has 0 bridgehead atoms. The van der Waals surface area contributed by atoms with Crippen LogP contribution in [0.3, 0.4) is 0 Å². The molecular formula is C19H27F3N3O3PS2. The smallest absolute Gasteiger partial charge is 0.328 e. The average Bonchev–Trinajstić information content (AvgIpc) is 3.21. The Labute approximate surface area is 189 Å². The van der Waals surface area contributed by atoms with Crippen LogP contribution < -0.4 is 5.73 Å². The van der Waals surface area contributed by atoms with E-state index in [1.807, 2.05) is 0 Å². The van der Waals surface area contributed by atoms with Gasteiger partial charge < -0.3 is 20.0 Å². The van der Waals surface area contributed by atoms with Crippen molar-refractivity contribution in [3.63, 3.8) is 0 Å². The van der Waals surface area contributed by atoms with Crippen molar-refractivity contribution in [3.05, 3.63) is 28.8 Å². The minimum Gasteiger partial charge on any atom is -0.328 e. The molecule has 1 aromatic heterocycles. The molecule has 0 fully saturated rings. The van der Waals surface area contributed by atoms with Crippen molar-refractivity contribution in [2.24, 2.45) is 5.73 Å². The van der Waals surface area contributed by atoms with Gasteiger partial charge in [-0.2, -0.15) is 13.2 Å². The number of alkyl halides is 3. The molecule has 1 aromatic carbocycles. The van der Waals surface area contributed by atoms with Crippen molar-refractivity contribution < 1.29 is 27.5 Å². The third-order valence-corrected chi connectivity index (χ3v) is 7.06. The highest BCUT2D eigenvalue weighted by molar-refractivity contribution is 7.99. The molecule has 0 spiro atoms. The van der Waals surface area contributed by atoms with E-state index in [-0.39, 0.29) is 11.5 Å². The molecule has 1 atom stereocenters. The molecule has 174 valence electrons. The minimum atomic E-state index is -4.48. The van der Waals surface area contributed by atoms with Gasteiger partial charge in [-0.05, 0) is 24.3 Å². The van der Waals surface area contributed by atoms with Crippen LogP contribution >= 0.6 is 31.7 Å². The number of benzene rings is 1. The fourth-order valence-corrected chi connectivity index (χ4v) is 4.98. The lowest BCUT2D eigenvalue weighted by molar-refractivity contribution is -0.139. The van der Waals surface area contributed by atoms with E-state index in [0.717, 1.165) is 36.7 Å². The number of unbranched alkanes of at least 4 members (excludes halogenated alkanes) is 5. The van der Waals surface area contributed by atoms with Gasteiger partial charge in [-0.25, -0.2) is 0 Å². The van der Waals surface area contributed by atoms with Gasteiger partial charge in [0.2, 0.25) is 0 Å². The van der Waals surface area contributed by atoms with Crippen LogP contribution in [0.15, 0.2) is 23.1 Å². The molecular weight excluding hydrogens is 470 g/mol. The van der Waals surface area contributed by atoms with E-state index in [1.165, 1.54) is 37.1 Å². The Morgan fingerprint density at radius 1 is 1.16 bits per heavy atom. The van der Waals surface area contributed by atoms with Crippen LogP contribution in [0.2, 0.25) is 0 Å². The van der Waals surface area contributed by atoms with E-state index >= 15 is 0 Å². The van der Waals surface area contributed by atoms with Crippen LogP contribution in [0.25, 0.3) is 10.6 Å². The fraction of sp³-hybridized carbons (Fsp3) is 0.579. The van der Waals surface area contributed by atoms with E-state index in [4.69, 9.17) is 15.5 Å². The van der Waals surface area contributed by atoms with Gasteiger partial charge in [-0.3, -0.25) is 0 Å². The Morgan fingerprint density at radius 3 is 2.55 bits per heavy atom. The van der Waals surface area contributed by atoms with Gasteiger partial charge in [0.15, 0.2) is 0 Å². The molecule has 2 rings (SSSR count). The predicted octanol–water partition coefficient (Wildman–Crippen LogP) is 5.90. The normalized spacial score (nSPS) is 13.2. The monoisotopic (exact) mass is 497 g/mol. The van der Waals surface area contributed by atoms with E-state index in [9.17, 15) is 13.2 Å². The van der Waals surface area contributed by atoms with Gasteiger partial charge >= 0.3 is 14.8 Å². The number of nitrogens with two attached hydrogens (primary N) is 1. The van der Waals surface area contributed by atoms with Gasteiger partial charge in [-0.1, -0.05) is 56.4 Å². The summed E-state index contributed by atoms with van der Waals surface area (Å²) in [7, 11) is -2.54. The van der Waals surface area contributed by atoms with Crippen molar-refractivity contribution in [2.75, 3.05) is 12.4 Å². The molecule has 0 aliphatic rings. The van der Waals surface area contributed by atoms with Gasteiger partial charge in [0.25, 0.3) is 0 Å². The molecule has 1 heterocycles. The first kappa shape index (κ1) is 26.4. The summed E-state index contributed by atoms with van der Waals surface area (Å²) in [6.07, 6.45) is 2.09. The molecule has 0 amide bonds. The molecule has 12 heteroatoms. The molecule has 0 saturated heterocycles. The second kappa shape index (κ2) is 13.0. The van der Waals surface area contributed by atoms with Gasteiger partial charge in [0.1, 0.15) is 10.0 Å². The molecule has 0 aliphatic carbocycles. The zero-order valence-electron chi connectivity index (χ0n) is 17.1. The molecule has 1 unspecified atom stereocenters. The Hall–Kier alpha value is -0.810. The van der Waals surface area contributed by atoms with Crippen LogP contribution in [0.4, 0.5) is 13.2 Å². The Kier molecular flexibility index (Phi) is 11.1. The maximum atomic E-state index is 13.6. The first-order valence-electron chi connectivity index (χ1n) is 9.96. The van der Waals surface area contributed by atoms with Gasteiger partial charge in [-0.15, -0.1) is 22.0 Å². The van der Waals surface area contributed by atoms with Crippen LogP contribution in [0.5, 0.6) is 0 Å². The van der Waals surface area contributed by atoms with Crippen LogP contribution in [-0.2, 0) is 10.7 Å². The van der Waals surface area contributed by atoms with E-state index in [2.05, 4.69) is 21.6 Å².